The molecule has 1 aromatic rings. The zero-order valence-electron chi connectivity index (χ0n) is 11.6. The Morgan fingerprint density at radius 2 is 2.29 bits per heavy atom. The number of ether oxygens (including phenoxy) is 1. The summed E-state index contributed by atoms with van der Waals surface area (Å²) in [6.45, 7) is 3.43. The van der Waals surface area contributed by atoms with E-state index in [1.807, 2.05) is 0 Å². The fourth-order valence-corrected chi connectivity index (χ4v) is 4.62. The number of carboxylic acids is 1. The first-order valence-electron chi connectivity index (χ1n) is 6.33. The smallest absolute Gasteiger partial charge is 0.346 e. The number of aryl methyl sites for hydroxylation is 1. The fourth-order valence-electron chi connectivity index (χ4n) is 2.09. The monoisotopic (exact) mass is 335 g/mol. The highest BCUT2D eigenvalue weighted by molar-refractivity contribution is 7.91. The van der Waals surface area contributed by atoms with Crippen molar-refractivity contribution in [1.82, 2.24) is 4.72 Å². The predicted molar refractivity (Wildman–Crippen MR) is 76.2 cm³/mol. The Kier molecular flexibility index (Phi) is 4.41. The van der Waals surface area contributed by atoms with Crippen molar-refractivity contribution in [3.63, 3.8) is 0 Å². The van der Waals surface area contributed by atoms with E-state index in [4.69, 9.17) is 9.84 Å². The molecular formula is C12H17NO6S2. The van der Waals surface area contributed by atoms with Gasteiger partial charge in [0.05, 0.1) is 6.10 Å². The van der Waals surface area contributed by atoms with Gasteiger partial charge in [0.1, 0.15) is 14.7 Å². The van der Waals surface area contributed by atoms with Gasteiger partial charge < -0.3 is 14.9 Å². The van der Waals surface area contributed by atoms with Crippen molar-refractivity contribution in [1.29, 1.82) is 0 Å². The van der Waals surface area contributed by atoms with Crippen molar-refractivity contribution in [3.8, 4) is 0 Å². The second-order valence-electron chi connectivity index (χ2n) is 5.07. The third-order valence-electron chi connectivity index (χ3n) is 3.58. The van der Waals surface area contributed by atoms with E-state index >= 15 is 0 Å². The maximum atomic E-state index is 12.2. The van der Waals surface area contributed by atoms with Gasteiger partial charge in [0.25, 0.3) is 0 Å². The lowest BCUT2D eigenvalue weighted by molar-refractivity contribution is -0.0228. The summed E-state index contributed by atoms with van der Waals surface area (Å²) < 4.78 is 31.8. The number of nitrogens with one attached hydrogen (secondary N) is 1. The van der Waals surface area contributed by atoms with Crippen molar-refractivity contribution < 1.29 is 28.2 Å². The molecule has 1 saturated heterocycles. The predicted octanol–water partition coefficient (Wildman–Crippen LogP) is 0.573. The summed E-state index contributed by atoms with van der Waals surface area (Å²) in [6, 6.07) is 1.31. The Balaban J connectivity index is 2.15. The van der Waals surface area contributed by atoms with Gasteiger partial charge in [-0.3, -0.25) is 0 Å². The lowest BCUT2D eigenvalue weighted by Gasteiger charge is -2.25. The van der Waals surface area contributed by atoms with Gasteiger partial charge in [0.2, 0.25) is 10.0 Å². The fraction of sp³-hybridized carbons (Fsp3) is 0.583. The molecule has 2 rings (SSSR count). The van der Waals surface area contributed by atoms with Gasteiger partial charge in [-0.15, -0.1) is 11.3 Å². The lowest BCUT2D eigenvalue weighted by Crippen LogP contribution is -2.47. The first-order valence-corrected chi connectivity index (χ1v) is 8.63. The minimum Gasteiger partial charge on any atom is -0.477 e. The van der Waals surface area contributed by atoms with Gasteiger partial charge >= 0.3 is 5.97 Å². The summed E-state index contributed by atoms with van der Waals surface area (Å²) in [5, 5.41) is 19.2. The van der Waals surface area contributed by atoms with E-state index in [2.05, 4.69) is 4.72 Å². The van der Waals surface area contributed by atoms with Gasteiger partial charge in [-0.25, -0.2) is 17.9 Å². The van der Waals surface area contributed by atoms with Crippen LogP contribution in [-0.2, 0) is 14.8 Å². The number of carboxylic acid groups (broad SMARTS) is 1. The molecule has 0 amide bonds. The molecule has 3 N–H and O–H groups in total. The van der Waals surface area contributed by atoms with Crippen molar-refractivity contribution in [3.05, 3.63) is 16.5 Å². The number of thiophene rings is 1. The van der Waals surface area contributed by atoms with E-state index in [9.17, 15) is 18.3 Å². The van der Waals surface area contributed by atoms with Gasteiger partial charge in [0, 0.05) is 19.6 Å². The Morgan fingerprint density at radius 3 is 2.76 bits per heavy atom. The third-order valence-corrected chi connectivity index (χ3v) is 6.68. The van der Waals surface area contributed by atoms with E-state index in [-0.39, 0.29) is 15.6 Å². The highest BCUT2D eigenvalue weighted by Gasteiger charge is 2.40. The molecule has 0 aliphatic carbocycles. The zero-order valence-corrected chi connectivity index (χ0v) is 13.3. The first kappa shape index (κ1) is 16.4. The molecule has 2 atom stereocenters. The number of hydrogen-bond donors (Lipinski definition) is 3. The Morgan fingerprint density at radius 1 is 1.62 bits per heavy atom. The van der Waals surface area contributed by atoms with E-state index in [1.165, 1.54) is 6.07 Å². The molecule has 0 aromatic carbocycles. The number of hydrogen-bond acceptors (Lipinski definition) is 6. The molecule has 7 nitrogen and oxygen atoms in total. The second-order valence-corrected chi connectivity index (χ2v) is 8.12. The minimum absolute atomic E-state index is 0.00773. The second kappa shape index (κ2) is 5.65. The molecule has 1 aromatic heterocycles. The minimum atomic E-state index is -3.85. The molecule has 2 heterocycles. The SMILES string of the molecule is Cc1cc(S(=O)(=O)NCC2(O)CCOC2C)sc1C(=O)O. The van der Waals surface area contributed by atoms with Crippen LogP contribution in [0.25, 0.3) is 0 Å². The largest absolute Gasteiger partial charge is 0.477 e. The van der Waals surface area contributed by atoms with Crippen molar-refractivity contribution in [2.45, 2.75) is 36.2 Å². The van der Waals surface area contributed by atoms with Crippen LogP contribution < -0.4 is 4.72 Å². The van der Waals surface area contributed by atoms with E-state index in [1.54, 1.807) is 13.8 Å². The molecule has 2 unspecified atom stereocenters. The molecule has 118 valence electrons. The number of aliphatic hydroxyl groups is 1. The number of aromatic carboxylic acids is 1. The van der Waals surface area contributed by atoms with Crippen molar-refractivity contribution in [2.75, 3.05) is 13.2 Å². The first-order chi connectivity index (χ1) is 9.66. The van der Waals surface area contributed by atoms with Crippen LogP contribution in [0, 0.1) is 6.92 Å². The lowest BCUT2D eigenvalue weighted by atomic mass is 9.97. The highest BCUT2D eigenvalue weighted by Crippen LogP contribution is 2.28. The topological polar surface area (TPSA) is 113 Å². The number of carbonyl (C=O) groups is 1. The highest BCUT2D eigenvalue weighted by atomic mass is 32.2. The van der Waals surface area contributed by atoms with Gasteiger partial charge in [-0.1, -0.05) is 0 Å². The molecule has 21 heavy (non-hydrogen) atoms. The molecule has 0 spiro atoms. The average molecular weight is 335 g/mol. The molecule has 0 bridgehead atoms. The molecule has 1 aliphatic heterocycles. The maximum Gasteiger partial charge on any atom is 0.346 e. The summed E-state index contributed by atoms with van der Waals surface area (Å²) >= 11 is 0.694. The molecule has 0 radical (unpaired) electrons. The normalized spacial score (nSPS) is 26.1. The van der Waals surface area contributed by atoms with Crippen LogP contribution in [0.1, 0.15) is 28.6 Å². The van der Waals surface area contributed by atoms with Crippen LogP contribution in [0.15, 0.2) is 10.3 Å². The summed E-state index contributed by atoms with van der Waals surface area (Å²) in [7, 11) is -3.85. The Labute approximate surface area is 126 Å². The summed E-state index contributed by atoms with van der Waals surface area (Å²) in [6.07, 6.45) is -0.111. The molecular weight excluding hydrogens is 318 g/mol. The van der Waals surface area contributed by atoms with E-state index < -0.39 is 27.7 Å². The average Bonchev–Trinajstić information content (AvgIpc) is 2.93. The third kappa shape index (κ3) is 3.27. The van der Waals surface area contributed by atoms with Crippen LogP contribution in [0.5, 0.6) is 0 Å². The van der Waals surface area contributed by atoms with Crippen molar-refractivity contribution in [2.24, 2.45) is 0 Å². The zero-order chi connectivity index (χ0) is 15.8. The van der Waals surface area contributed by atoms with E-state index in [0.29, 0.717) is 29.9 Å². The quantitative estimate of drug-likeness (QED) is 0.725. The van der Waals surface area contributed by atoms with E-state index in [0.717, 1.165) is 0 Å². The standard InChI is InChI=1S/C12H17NO6S2/c1-7-5-9(20-10(7)11(14)15)21(17,18)13-6-12(16)3-4-19-8(12)2/h5,8,13,16H,3-4,6H2,1-2H3,(H,14,15). The van der Waals surface area contributed by atoms with Crippen LogP contribution >= 0.6 is 11.3 Å². The van der Waals surface area contributed by atoms with Gasteiger partial charge in [-0.05, 0) is 25.5 Å². The molecule has 1 fully saturated rings. The molecule has 1 aliphatic rings. The molecule has 0 saturated carbocycles. The summed E-state index contributed by atoms with van der Waals surface area (Å²) in [5.74, 6) is -1.16. The van der Waals surface area contributed by atoms with Crippen LogP contribution in [0.2, 0.25) is 0 Å². The summed E-state index contributed by atoms with van der Waals surface area (Å²) in [5.41, 5.74) is -0.848. The van der Waals surface area contributed by atoms with Gasteiger partial charge in [0.15, 0.2) is 0 Å². The van der Waals surface area contributed by atoms with Crippen LogP contribution in [0.4, 0.5) is 0 Å². The maximum absolute atomic E-state index is 12.2. The van der Waals surface area contributed by atoms with Crippen LogP contribution in [0.3, 0.4) is 0 Å². The number of rotatable bonds is 5. The Hall–Kier alpha value is -1.00. The summed E-state index contributed by atoms with van der Waals surface area (Å²) in [4.78, 5) is 11.0. The van der Waals surface area contributed by atoms with Crippen molar-refractivity contribution >= 4 is 27.3 Å². The van der Waals surface area contributed by atoms with Crippen LogP contribution in [-0.4, -0.2) is 49.5 Å². The van der Waals surface area contributed by atoms with Gasteiger partial charge in [-0.2, -0.15) is 0 Å². The molecule has 9 heteroatoms. The Bertz CT molecular complexity index is 653. The number of sulfonamides is 1.